The van der Waals surface area contributed by atoms with Crippen molar-refractivity contribution in [1.29, 1.82) is 0 Å². The van der Waals surface area contributed by atoms with Gasteiger partial charge in [-0.15, -0.1) is 10.2 Å². The van der Waals surface area contributed by atoms with Crippen molar-refractivity contribution in [3.05, 3.63) is 66.2 Å². The fourth-order valence-electron chi connectivity index (χ4n) is 3.18. The zero-order valence-corrected chi connectivity index (χ0v) is 17.7. The van der Waals surface area contributed by atoms with Gasteiger partial charge in [0, 0.05) is 38.4 Å². The molecule has 0 aliphatic carbocycles. The summed E-state index contributed by atoms with van der Waals surface area (Å²) in [6, 6.07) is 20.4. The maximum absolute atomic E-state index is 12.6. The lowest BCUT2D eigenvalue weighted by Crippen LogP contribution is -2.48. The molecule has 29 heavy (non-hydrogen) atoms. The molecule has 1 aromatic heterocycles. The first-order valence-corrected chi connectivity index (χ1v) is 11.4. The standard InChI is InChI=1S/C21H23N5OS2/c27-19(26-13-11-25(12-14-26)15-17-7-3-1-4-8-17)16-28-21-24-23-20(29-21)22-18-9-5-2-6-10-18/h1-10H,11-16H2,(H,22,23). The summed E-state index contributed by atoms with van der Waals surface area (Å²) < 4.78 is 0.805. The summed E-state index contributed by atoms with van der Waals surface area (Å²) in [7, 11) is 0. The number of nitrogens with one attached hydrogen (secondary N) is 1. The smallest absolute Gasteiger partial charge is 0.233 e. The number of carbonyl (C=O) groups is 1. The predicted octanol–water partition coefficient (Wildman–Crippen LogP) is 3.72. The van der Waals surface area contributed by atoms with Crippen molar-refractivity contribution in [3.8, 4) is 0 Å². The van der Waals surface area contributed by atoms with Gasteiger partial charge in [0.25, 0.3) is 0 Å². The van der Waals surface area contributed by atoms with Gasteiger partial charge in [-0.25, -0.2) is 0 Å². The van der Waals surface area contributed by atoms with E-state index in [2.05, 4.69) is 44.7 Å². The van der Waals surface area contributed by atoms with Crippen LogP contribution < -0.4 is 5.32 Å². The van der Waals surface area contributed by atoms with E-state index in [1.54, 1.807) is 0 Å². The van der Waals surface area contributed by atoms with Gasteiger partial charge in [-0.3, -0.25) is 9.69 Å². The number of thioether (sulfide) groups is 1. The molecular formula is C21H23N5OS2. The van der Waals surface area contributed by atoms with Crippen molar-refractivity contribution in [2.45, 2.75) is 10.9 Å². The van der Waals surface area contributed by atoms with Crippen LogP contribution in [0.15, 0.2) is 65.0 Å². The monoisotopic (exact) mass is 425 g/mol. The highest BCUT2D eigenvalue weighted by molar-refractivity contribution is 8.01. The minimum atomic E-state index is 0.169. The van der Waals surface area contributed by atoms with E-state index in [-0.39, 0.29) is 5.91 Å². The topological polar surface area (TPSA) is 61.4 Å². The van der Waals surface area contributed by atoms with Crippen molar-refractivity contribution >= 4 is 39.8 Å². The zero-order valence-electron chi connectivity index (χ0n) is 16.0. The molecule has 1 fully saturated rings. The van der Waals surface area contributed by atoms with E-state index in [9.17, 15) is 4.79 Å². The van der Waals surface area contributed by atoms with Crippen LogP contribution in [0.25, 0.3) is 0 Å². The Morgan fingerprint density at radius 2 is 1.66 bits per heavy atom. The van der Waals surface area contributed by atoms with E-state index in [1.165, 1.54) is 28.7 Å². The third-order valence-corrected chi connectivity index (χ3v) is 6.68. The third kappa shape index (κ3) is 5.79. The second kappa shape index (κ2) is 9.87. The highest BCUT2D eigenvalue weighted by atomic mass is 32.2. The van der Waals surface area contributed by atoms with Gasteiger partial charge in [0.15, 0.2) is 4.34 Å². The molecule has 6 nitrogen and oxygen atoms in total. The average molecular weight is 426 g/mol. The lowest BCUT2D eigenvalue weighted by molar-refractivity contribution is -0.130. The van der Waals surface area contributed by atoms with Crippen LogP contribution in [0.5, 0.6) is 0 Å². The minimum Gasteiger partial charge on any atom is -0.339 e. The van der Waals surface area contributed by atoms with E-state index < -0.39 is 0 Å². The maximum Gasteiger partial charge on any atom is 0.233 e. The molecule has 8 heteroatoms. The Kier molecular flexibility index (Phi) is 6.76. The number of para-hydroxylation sites is 1. The van der Waals surface area contributed by atoms with Crippen LogP contribution in [0.3, 0.4) is 0 Å². The Balaban J connectivity index is 1.20. The number of benzene rings is 2. The van der Waals surface area contributed by atoms with Crippen LogP contribution in [0.2, 0.25) is 0 Å². The van der Waals surface area contributed by atoms with E-state index >= 15 is 0 Å². The van der Waals surface area contributed by atoms with Gasteiger partial charge >= 0.3 is 0 Å². The van der Waals surface area contributed by atoms with Crippen LogP contribution >= 0.6 is 23.1 Å². The lowest BCUT2D eigenvalue weighted by Gasteiger charge is -2.34. The number of amides is 1. The fourth-order valence-corrected chi connectivity index (χ4v) is 4.85. The maximum atomic E-state index is 12.6. The first-order chi connectivity index (χ1) is 14.3. The Hall–Kier alpha value is -2.42. The molecule has 150 valence electrons. The van der Waals surface area contributed by atoms with E-state index in [0.29, 0.717) is 5.75 Å². The van der Waals surface area contributed by atoms with E-state index in [1.807, 2.05) is 41.3 Å². The molecule has 0 unspecified atom stereocenters. The number of rotatable bonds is 7. The number of anilines is 2. The molecule has 0 saturated carbocycles. The second-order valence-electron chi connectivity index (χ2n) is 6.80. The molecule has 0 radical (unpaired) electrons. The number of hydrogen-bond acceptors (Lipinski definition) is 7. The van der Waals surface area contributed by atoms with Crippen LogP contribution in [0.1, 0.15) is 5.56 Å². The molecule has 0 spiro atoms. The number of aromatic nitrogens is 2. The first kappa shape index (κ1) is 19.9. The largest absolute Gasteiger partial charge is 0.339 e. The number of piperazine rings is 1. The molecule has 1 saturated heterocycles. The number of nitrogens with zero attached hydrogens (tertiary/aromatic N) is 4. The Morgan fingerprint density at radius 3 is 2.38 bits per heavy atom. The molecule has 4 rings (SSSR count). The summed E-state index contributed by atoms with van der Waals surface area (Å²) in [6.07, 6.45) is 0. The Morgan fingerprint density at radius 1 is 0.966 bits per heavy atom. The lowest BCUT2D eigenvalue weighted by atomic mass is 10.2. The summed E-state index contributed by atoms with van der Waals surface area (Å²) >= 11 is 2.93. The highest BCUT2D eigenvalue weighted by Gasteiger charge is 2.21. The van der Waals surface area contributed by atoms with Crippen LogP contribution in [0, 0.1) is 0 Å². The molecule has 2 heterocycles. The van der Waals surface area contributed by atoms with Gasteiger partial charge in [-0.2, -0.15) is 0 Å². The van der Waals surface area contributed by atoms with Crippen molar-refractivity contribution in [1.82, 2.24) is 20.0 Å². The van der Waals surface area contributed by atoms with Crippen molar-refractivity contribution in [2.24, 2.45) is 0 Å². The van der Waals surface area contributed by atoms with Gasteiger partial charge < -0.3 is 10.2 Å². The summed E-state index contributed by atoms with van der Waals surface area (Å²) in [5, 5.41) is 12.3. The molecular weight excluding hydrogens is 402 g/mol. The number of carbonyl (C=O) groups excluding carboxylic acids is 1. The molecule has 0 atom stereocenters. The van der Waals surface area contributed by atoms with Gasteiger partial charge in [0.2, 0.25) is 11.0 Å². The molecule has 1 N–H and O–H groups in total. The van der Waals surface area contributed by atoms with E-state index in [0.717, 1.165) is 47.9 Å². The Labute approximate surface area is 178 Å². The van der Waals surface area contributed by atoms with Gasteiger partial charge in [0.1, 0.15) is 0 Å². The molecule has 1 aliphatic heterocycles. The normalized spacial score (nSPS) is 14.7. The highest BCUT2D eigenvalue weighted by Crippen LogP contribution is 2.27. The van der Waals surface area contributed by atoms with E-state index in [4.69, 9.17) is 0 Å². The van der Waals surface area contributed by atoms with Gasteiger partial charge in [-0.1, -0.05) is 71.6 Å². The van der Waals surface area contributed by atoms with Crippen molar-refractivity contribution in [3.63, 3.8) is 0 Å². The van der Waals surface area contributed by atoms with Crippen molar-refractivity contribution < 1.29 is 4.79 Å². The molecule has 1 aliphatic rings. The summed E-state index contributed by atoms with van der Waals surface area (Å²) in [5.41, 5.74) is 2.30. The van der Waals surface area contributed by atoms with Gasteiger partial charge in [0.05, 0.1) is 5.75 Å². The first-order valence-electron chi connectivity index (χ1n) is 9.59. The molecule has 1 amide bonds. The summed E-state index contributed by atoms with van der Waals surface area (Å²) in [4.78, 5) is 16.9. The zero-order chi connectivity index (χ0) is 19.9. The van der Waals surface area contributed by atoms with Gasteiger partial charge in [-0.05, 0) is 17.7 Å². The SMILES string of the molecule is O=C(CSc1nnc(Nc2ccccc2)s1)N1CCN(Cc2ccccc2)CC1. The molecule has 2 aromatic carbocycles. The average Bonchev–Trinajstić information content (AvgIpc) is 3.21. The van der Waals surface area contributed by atoms with Crippen LogP contribution in [-0.2, 0) is 11.3 Å². The van der Waals surface area contributed by atoms with Crippen LogP contribution in [-0.4, -0.2) is 57.8 Å². The quantitative estimate of drug-likeness (QED) is 0.582. The summed E-state index contributed by atoms with van der Waals surface area (Å²) in [6.45, 7) is 4.33. The number of hydrogen-bond donors (Lipinski definition) is 1. The third-order valence-electron chi connectivity index (χ3n) is 4.72. The minimum absolute atomic E-state index is 0.169. The van der Waals surface area contributed by atoms with Crippen molar-refractivity contribution in [2.75, 3.05) is 37.2 Å². The molecule has 0 bridgehead atoms. The summed E-state index contributed by atoms with van der Waals surface area (Å²) in [5.74, 6) is 0.570. The fraction of sp³-hybridized carbons (Fsp3) is 0.286. The van der Waals surface area contributed by atoms with Crippen LogP contribution in [0.4, 0.5) is 10.8 Å². The predicted molar refractivity (Wildman–Crippen MR) is 119 cm³/mol. The molecule has 3 aromatic rings. The Bertz CT molecular complexity index is 911. The second-order valence-corrected chi connectivity index (χ2v) is 9.00.